The van der Waals surface area contributed by atoms with E-state index in [4.69, 9.17) is 0 Å². The first-order valence-corrected chi connectivity index (χ1v) is 5.79. The highest BCUT2D eigenvalue weighted by atomic mass is 16.2. The Bertz CT molecular complexity index is 486. The zero-order chi connectivity index (χ0) is 13.5. The first kappa shape index (κ1) is 13.9. The maximum absolute atomic E-state index is 12.3. The maximum Gasteiger partial charge on any atom is 0.264 e. The van der Waals surface area contributed by atoms with Gasteiger partial charge in [-0.15, -0.1) is 0 Å². The first-order valence-electron chi connectivity index (χ1n) is 5.79. The summed E-state index contributed by atoms with van der Waals surface area (Å²) in [5, 5.41) is 0. The van der Waals surface area contributed by atoms with Gasteiger partial charge in [0.2, 0.25) is 6.41 Å². The monoisotopic (exact) mass is 243 g/mol. The predicted molar refractivity (Wildman–Crippen MR) is 73.2 cm³/mol. The largest absolute Gasteiger partial charge is 0.278 e. The van der Waals surface area contributed by atoms with Crippen LogP contribution in [-0.4, -0.2) is 12.3 Å². The number of amides is 2. The van der Waals surface area contributed by atoms with Crippen molar-refractivity contribution in [1.29, 1.82) is 0 Å². The maximum atomic E-state index is 12.3. The highest BCUT2D eigenvalue weighted by Crippen LogP contribution is 2.18. The van der Waals surface area contributed by atoms with Gasteiger partial charge in [0.05, 0.1) is 5.69 Å². The van der Waals surface area contributed by atoms with E-state index >= 15 is 0 Å². The molecule has 0 N–H and O–H groups in total. The van der Waals surface area contributed by atoms with Crippen molar-refractivity contribution >= 4 is 18.0 Å². The molecule has 0 saturated heterocycles. The second kappa shape index (κ2) is 6.55. The Morgan fingerprint density at radius 1 is 1.11 bits per heavy atom. The quantitative estimate of drug-likeness (QED) is 0.463. The minimum Gasteiger partial charge on any atom is -0.278 e. The molecule has 0 heterocycles. The van der Waals surface area contributed by atoms with E-state index in [1.165, 1.54) is 0 Å². The predicted octanol–water partition coefficient (Wildman–Crippen LogP) is 3.09. The second-order valence-electron chi connectivity index (χ2n) is 3.79. The third kappa shape index (κ3) is 2.94. The average molecular weight is 243 g/mol. The van der Waals surface area contributed by atoms with Crippen LogP contribution in [0.25, 0.3) is 0 Å². The lowest BCUT2D eigenvalue weighted by atomic mass is 10.1. The number of allylic oxidation sites excluding steroid dienone is 2. The summed E-state index contributed by atoms with van der Waals surface area (Å²) in [4.78, 5) is 24.5. The smallest absolute Gasteiger partial charge is 0.264 e. The molecule has 0 radical (unpaired) electrons. The van der Waals surface area contributed by atoms with Crippen molar-refractivity contribution in [3.8, 4) is 0 Å². The summed E-state index contributed by atoms with van der Waals surface area (Å²) < 4.78 is 0. The number of para-hydroxylation sites is 1. The van der Waals surface area contributed by atoms with E-state index in [1.54, 1.807) is 37.3 Å². The van der Waals surface area contributed by atoms with Crippen LogP contribution in [0.4, 0.5) is 5.69 Å². The van der Waals surface area contributed by atoms with E-state index in [-0.39, 0.29) is 5.91 Å². The molecule has 0 atom stereocenters. The number of carbonyl (C=O) groups is 2. The van der Waals surface area contributed by atoms with Crippen molar-refractivity contribution in [3.05, 3.63) is 53.6 Å². The van der Waals surface area contributed by atoms with Gasteiger partial charge in [-0.25, -0.2) is 4.90 Å². The Morgan fingerprint density at radius 2 is 1.72 bits per heavy atom. The molecule has 0 aliphatic rings. The van der Waals surface area contributed by atoms with E-state index in [0.717, 1.165) is 10.5 Å². The number of hydrogen-bond donors (Lipinski definition) is 0. The van der Waals surface area contributed by atoms with Gasteiger partial charge >= 0.3 is 0 Å². The van der Waals surface area contributed by atoms with Crippen LogP contribution in [0.1, 0.15) is 20.8 Å². The topological polar surface area (TPSA) is 37.4 Å². The number of carbonyl (C=O) groups excluding carboxylic acids is 2. The van der Waals surface area contributed by atoms with Crippen molar-refractivity contribution in [3.63, 3.8) is 0 Å². The Morgan fingerprint density at radius 3 is 2.17 bits per heavy atom. The fourth-order valence-electron chi connectivity index (χ4n) is 1.62. The minimum absolute atomic E-state index is 0.311. The lowest BCUT2D eigenvalue weighted by molar-refractivity contribution is -0.119. The molecule has 1 rings (SSSR count). The molecule has 0 aromatic heterocycles. The molecular weight excluding hydrogens is 226 g/mol. The van der Waals surface area contributed by atoms with E-state index < -0.39 is 0 Å². The Hall–Kier alpha value is -2.16. The number of benzene rings is 1. The number of imide groups is 1. The van der Waals surface area contributed by atoms with Crippen LogP contribution in [0.3, 0.4) is 0 Å². The van der Waals surface area contributed by atoms with Crippen molar-refractivity contribution in [2.24, 2.45) is 0 Å². The molecule has 0 aliphatic carbocycles. The fraction of sp³-hybridized carbons (Fsp3) is 0.200. The third-order valence-corrected chi connectivity index (χ3v) is 2.74. The Labute approximate surface area is 107 Å². The Balaban J connectivity index is 3.11. The Kier molecular flexibility index (Phi) is 5.06. The molecule has 18 heavy (non-hydrogen) atoms. The minimum atomic E-state index is -0.311. The summed E-state index contributed by atoms with van der Waals surface area (Å²) in [6, 6.07) is 8.87. The molecule has 3 nitrogen and oxygen atoms in total. The first-order chi connectivity index (χ1) is 8.65. The molecule has 0 spiro atoms. The molecule has 0 unspecified atom stereocenters. The van der Waals surface area contributed by atoms with Crippen LogP contribution in [0, 0.1) is 0 Å². The van der Waals surface area contributed by atoms with Gasteiger partial charge in [-0.3, -0.25) is 9.59 Å². The molecule has 0 fully saturated rings. The molecular formula is C15H17NO2. The lowest BCUT2D eigenvalue weighted by Crippen LogP contribution is -2.31. The lowest BCUT2D eigenvalue weighted by Gasteiger charge is -2.17. The molecule has 1 aromatic rings. The molecule has 3 heteroatoms. The van der Waals surface area contributed by atoms with Crippen LogP contribution in [0.15, 0.2) is 53.6 Å². The van der Waals surface area contributed by atoms with Gasteiger partial charge < -0.3 is 0 Å². The molecule has 94 valence electrons. The zero-order valence-electron chi connectivity index (χ0n) is 10.9. The normalized spacial score (nSPS) is 12.2. The molecule has 1 aromatic carbocycles. The van der Waals surface area contributed by atoms with Crippen LogP contribution in [0.5, 0.6) is 0 Å². The van der Waals surface area contributed by atoms with Crippen molar-refractivity contribution in [2.45, 2.75) is 20.8 Å². The fourth-order valence-corrected chi connectivity index (χ4v) is 1.62. The third-order valence-electron chi connectivity index (χ3n) is 2.74. The van der Waals surface area contributed by atoms with Crippen molar-refractivity contribution < 1.29 is 9.59 Å². The summed E-state index contributed by atoms with van der Waals surface area (Å²) in [7, 11) is 0. The second-order valence-corrected chi connectivity index (χ2v) is 3.79. The average Bonchev–Trinajstić information content (AvgIpc) is 2.41. The van der Waals surface area contributed by atoms with E-state index in [0.29, 0.717) is 17.7 Å². The number of nitrogens with zero attached hydrogens (tertiary/aromatic N) is 1. The molecule has 0 aliphatic heterocycles. The van der Waals surface area contributed by atoms with Gasteiger partial charge in [0.1, 0.15) is 0 Å². The van der Waals surface area contributed by atoms with Gasteiger partial charge in [0.25, 0.3) is 5.91 Å². The highest BCUT2D eigenvalue weighted by molar-refractivity contribution is 6.16. The van der Waals surface area contributed by atoms with Crippen molar-refractivity contribution in [2.75, 3.05) is 4.90 Å². The number of rotatable bonds is 4. The van der Waals surface area contributed by atoms with Gasteiger partial charge in [0.15, 0.2) is 0 Å². The van der Waals surface area contributed by atoms with Gasteiger partial charge in [-0.2, -0.15) is 0 Å². The van der Waals surface area contributed by atoms with Gasteiger partial charge in [0, 0.05) is 5.57 Å². The van der Waals surface area contributed by atoms with E-state index in [1.807, 2.05) is 26.0 Å². The van der Waals surface area contributed by atoms with Gasteiger partial charge in [-0.1, -0.05) is 30.4 Å². The standard InChI is InChI=1S/C15H17NO2/c1-4-12(3)14(5-2)15(18)16(11-17)13-9-7-6-8-10-13/h4-11H,1-3H3/b12-4-,14-5+. The molecule has 0 saturated carbocycles. The molecule has 0 bridgehead atoms. The van der Waals surface area contributed by atoms with Crippen molar-refractivity contribution in [1.82, 2.24) is 0 Å². The van der Waals surface area contributed by atoms with Crippen LogP contribution >= 0.6 is 0 Å². The van der Waals surface area contributed by atoms with E-state index in [2.05, 4.69) is 0 Å². The highest BCUT2D eigenvalue weighted by Gasteiger charge is 2.19. The van der Waals surface area contributed by atoms with E-state index in [9.17, 15) is 9.59 Å². The van der Waals surface area contributed by atoms with Crippen LogP contribution < -0.4 is 4.90 Å². The zero-order valence-corrected chi connectivity index (χ0v) is 10.9. The van der Waals surface area contributed by atoms with Crippen LogP contribution in [0.2, 0.25) is 0 Å². The summed E-state index contributed by atoms with van der Waals surface area (Å²) in [6.07, 6.45) is 4.11. The summed E-state index contributed by atoms with van der Waals surface area (Å²) in [5.74, 6) is -0.311. The molecule has 2 amide bonds. The number of anilines is 1. The SMILES string of the molecule is C/C=C(C)\C(=C/C)C(=O)N(C=O)c1ccccc1. The summed E-state index contributed by atoms with van der Waals surface area (Å²) in [6.45, 7) is 5.50. The summed E-state index contributed by atoms with van der Waals surface area (Å²) >= 11 is 0. The van der Waals surface area contributed by atoms with Crippen LogP contribution in [-0.2, 0) is 9.59 Å². The summed E-state index contributed by atoms with van der Waals surface area (Å²) in [5.41, 5.74) is 1.96. The number of hydrogen-bond acceptors (Lipinski definition) is 2. The van der Waals surface area contributed by atoms with Gasteiger partial charge in [-0.05, 0) is 38.5 Å².